The smallest absolute Gasteiger partial charge is 0.314 e. The van der Waals surface area contributed by atoms with Gasteiger partial charge in [0.15, 0.2) is 0 Å². The highest BCUT2D eigenvalue weighted by Gasteiger charge is 2.20. The Labute approximate surface area is 327 Å². The molecule has 0 aliphatic heterocycles. The summed E-state index contributed by atoms with van der Waals surface area (Å²) in [4.78, 5) is 32.0. The van der Waals surface area contributed by atoms with Crippen molar-refractivity contribution in [2.45, 2.75) is 123 Å². The molecule has 0 radical (unpaired) electrons. The second-order valence-corrected chi connectivity index (χ2v) is 14.3. The summed E-state index contributed by atoms with van der Waals surface area (Å²) < 4.78 is 11.3. The lowest BCUT2D eigenvalue weighted by Crippen LogP contribution is -2.28. The first-order valence-corrected chi connectivity index (χ1v) is 20.2. The highest BCUT2D eigenvalue weighted by molar-refractivity contribution is 6.13. The number of unbranched alkanes of at least 4 members (excludes halogenated alkanes) is 15. The molecular formula is C46H60N2O7. The van der Waals surface area contributed by atoms with Crippen LogP contribution in [0.2, 0.25) is 0 Å². The molecule has 0 saturated carbocycles. The molecule has 55 heavy (non-hydrogen) atoms. The number of fused-ring (bicyclic) bond motifs is 1. The molecule has 3 N–H and O–H groups in total. The molecule has 9 nitrogen and oxygen atoms in total. The Morgan fingerprint density at radius 3 is 1.91 bits per heavy atom. The average Bonchev–Trinajstić information content (AvgIpc) is 3.19. The third-order valence-corrected chi connectivity index (χ3v) is 9.91. The molecule has 296 valence electrons. The highest BCUT2D eigenvalue weighted by Crippen LogP contribution is 2.36. The molecule has 0 saturated heterocycles. The van der Waals surface area contributed by atoms with Gasteiger partial charge in [-0.25, -0.2) is 0 Å². The van der Waals surface area contributed by atoms with Crippen molar-refractivity contribution < 1.29 is 34.3 Å². The SMILES string of the molecule is C=C(OO)Oc1ccc(CN(C(C)=O)c2cccc3c(O)c(C(=O)Nc4ccccc4OCCCCCCCCCCCCCCCCCC)ccc23)cc1. The molecule has 0 aliphatic carbocycles. The van der Waals surface area contributed by atoms with E-state index in [0.717, 1.165) is 18.4 Å². The monoisotopic (exact) mass is 752 g/mol. The highest BCUT2D eigenvalue weighted by atomic mass is 17.1. The van der Waals surface area contributed by atoms with Crippen molar-refractivity contribution in [3.8, 4) is 17.2 Å². The van der Waals surface area contributed by atoms with Crippen LogP contribution in [-0.2, 0) is 16.2 Å². The number of amides is 2. The number of phenolic OH excluding ortho intramolecular Hbond substituents is 1. The zero-order valence-corrected chi connectivity index (χ0v) is 32.8. The quantitative estimate of drug-likeness (QED) is 0.0253. The summed E-state index contributed by atoms with van der Waals surface area (Å²) in [6.07, 6.45) is 21.0. The lowest BCUT2D eigenvalue weighted by Gasteiger charge is -2.24. The number of carbonyl (C=O) groups excluding carboxylic acids is 2. The minimum atomic E-state index is -0.469. The van der Waals surface area contributed by atoms with Crippen LogP contribution in [-0.4, -0.2) is 28.8 Å². The lowest BCUT2D eigenvalue weighted by molar-refractivity contribution is -0.230. The summed E-state index contributed by atoms with van der Waals surface area (Å²) >= 11 is 0. The summed E-state index contributed by atoms with van der Waals surface area (Å²) in [7, 11) is 0. The van der Waals surface area contributed by atoms with Crippen LogP contribution in [0.1, 0.15) is 133 Å². The summed E-state index contributed by atoms with van der Waals surface area (Å²) in [5, 5.41) is 24.0. The second-order valence-electron chi connectivity index (χ2n) is 14.3. The Hall–Kier alpha value is -5.02. The fraction of sp³-hybridized carbons (Fsp3) is 0.435. The van der Waals surface area contributed by atoms with E-state index in [1.54, 1.807) is 65.6 Å². The number of benzene rings is 4. The summed E-state index contributed by atoms with van der Waals surface area (Å²) in [5.74, 6) is -0.124. The molecule has 0 heterocycles. The largest absolute Gasteiger partial charge is 0.506 e. The summed E-state index contributed by atoms with van der Waals surface area (Å²) in [5.41, 5.74) is 2.04. The first kappa shape index (κ1) is 42.7. The number of anilines is 2. The Bertz CT molecular complexity index is 1790. The number of carbonyl (C=O) groups is 2. The minimum absolute atomic E-state index is 0.107. The molecule has 4 rings (SSSR count). The second kappa shape index (κ2) is 23.7. The fourth-order valence-electron chi connectivity index (χ4n) is 6.82. The van der Waals surface area contributed by atoms with E-state index in [0.29, 0.717) is 40.3 Å². The normalized spacial score (nSPS) is 11.0. The van der Waals surface area contributed by atoms with Crippen molar-refractivity contribution in [3.63, 3.8) is 0 Å². The zero-order chi connectivity index (χ0) is 39.3. The van der Waals surface area contributed by atoms with Gasteiger partial charge in [-0.05, 0) is 55.0 Å². The fourth-order valence-corrected chi connectivity index (χ4v) is 6.82. The van der Waals surface area contributed by atoms with E-state index in [2.05, 4.69) is 23.7 Å². The van der Waals surface area contributed by atoms with Crippen molar-refractivity contribution in [1.29, 1.82) is 0 Å². The molecular weight excluding hydrogens is 693 g/mol. The number of aromatic hydroxyl groups is 1. The van der Waals surface area contributed by atoms with E-state index < -0.39 is 5.91 Å². The molecule has 0 atom stereocenters. The number of hydrogen-bond acceptors (Lipinski definition) is 7. The summed E-state index contributed by atoms with van der Waals surface area (Å²) in [6.45, 7) is 7.97. The van der Waals surface area contributed by atoms with Gasteiger partial charge in [0.05, 0.1) is 30.1 Å². The van der Waals surface area contributed by atoms with Crippen molar-refractivity contribution in [3.05, 3.63) is 103 Å². The van der Waals surface area contributed by atoms with E-state index in [-0.39, 0.29) is 29.7 Å². The third kappa shape index (κ3) is 14.0. The predicted molar refractivity (Wildman–Crippen MR) is 222 cm³/mol. The Balaban J connectivity index is 1.25. The van der Waals surface area contributed by atoms with Crippen LogP contribution < -0.4 is 19.7 Å². The third-order valence-electron chi connectivity index (χ3n) is 9.91. The Morgan fingerprint density at radius 2 is 1.31 bits per heavy atom. The first-order valence-electron chi connectivity index (χ1n) is 20.2. The van der Waals surface area contributed by atoms with Gasteiger partial charge in [-0.1, -0.05) is 146 Å². The standard InChI is InChI=1S/C46H60N2O7/c1-4-5-6-7-8-9-10-11-12-13-14-15-16-17-18-21-33-53-44-26-20-19-24-42(44)47-46(51)41-32-31-39-40(45(41)50)23-22-25-43(39)48(35(2)49)34-37-27-29-38(30-28-37)54-36(3)55-52/h19-20,22-32,50,52H,3-18,21,33-34H2,1-2H3,(H,47,51). The number of phenols is 1. The number of nitrogens with one attached hydrogen (secondary N) is 1. The molecule has 0 aromatic heterocycles. The average molecular weight is 753 g/mol. The van der Waals surface area contributed by atoms with E-state index in [1.165, 1.54) is 96.8 Å². The molecule has 0 fully saturated rings. The Morgan fingerprint density at radius 1 is 0.709 bits per heavy atom. The van der Waals surface area contributed by atoms with Crippen molar-refractivity contribution in [2.75, 3.05) is 16.8 Å². The molecule has 0 spiro atoms. The van der Waals surface area contributed by atoms with Gasteiger partial charge in [0, 0.05) is 17.7 Å². The van der Waals surface area contributed by atoms with E-state index >= 15 is 0 Å². The van der Waals surface area contributed by atoms with Crippen LogP contribution >= 0.6 is 0 Å². The lowest BCUT2D eigenvalue weighted by atomic mass is 10.0. The van der Waals surface area contributed by atoms with Crippen molar-refractivity contribution in [1.82, 2.24) is 0 Å². The Kier molecular flexibility index (Phi) is 18.4. The molecule has 0 bridgehead atoms. The van der Waals surface area contributed by atoms with Crippen LogP contribution in [0.3, 0.4) is 0 Å². The van der Waals surface area contributed by atoms with Gasteiger partial charge < -0.3 is 29.7 Å². The molecule has 0 aliphatic rings. The molecule has 4 aromatic carbocycles. The van der Waals surface area contributed by atoms with Gasteiger partial charge in [0.25, 0.3) is 5.91 Å². The van der Waals surface area contributed by atoms with Gasteiger partial charge in [-0.2, -0.15) is 5.26 Å². The molecule has 2 amide bonds. The molecule has 4 aromatic rings. The van der Waals surface area contributed by atoms with Crippen LogP contribution in [0.5, 0.6) is 17.2 Å². The number of hydrogen-bond donors (Lipinski definition) is 3. The number of rotatable bonds is 26. The van der Waals surface area contributed by atoms with Crippen LogP contribution in [0.4, 0.5) is 11.4 Å². The molecule has 0 unspecified atom stereocenters. The maximum absolute atomic E-state index is 13.5. The number of para-hydroxylation sites is 2. The van der Waals surface area contributed by atoms with Gasteiger partial charge in [0.2, 0.25) is 5.91 Å². The van der Waals surface area contributed by atoms with E-state index in [4.69, 9.17) is 14.7 Å². The van der Waals surface area contributed by atoms with Gasteiger partial charge in [0.1, 0.15) is 17.2 Å². The number of ether oxygens (including phenoxy) is 2. The topological polar surface area (TPSA) is 118 Å². The van der Waals surface area contributed by atoms with Crippen molar-refractivity contribution in [2.24, 2.45) is 0 Å². The van der Waals surface area contributed by atoms with Gasteiger partial charge in [-0.15, -0.1) is 0 Å². The van der Waals surface area contributed by atoms with Crippen LogP contribution in [0.15, 0.2) is 91.4 Å². The van der Waals surface area contributed by atoms with Gasteiger partial charge in [-0.3, -0.25) is 9.59 Å². The summed E-state index contributed by atoms with van der Waals surface area (Å²) in [6, 6.07) is 22.8. The van der Waals surface area contributed by atoms with Gasteiger partial charge >= 0.3 is 5.95 Å². The predicted octanol–water partition coefficient (Wildman–Crippen LogP) is 12.3. The van der Waals surface area contributed by atoms with Crippen molar-refractivity contribution >= 4 is 34.0 Å². The van der Waals surface area contributed by atoms with E-state index in [1.807, 2.05) is 18.2 Å². The number of nitrogens with zero attached hydrogens (tertiary/aromatic N) is 1. The van der Waals surface area contributed by atoms with Crippen LogP contribution in [0, 0.1) is 0 Å². The maximum Gasteiger partial charge on any atom is 0.314 e. The first-order chi connectivity index (χ1) is 26.8. The zero-order valence-electron chi connectivity index (χ0n) is 32.8. The van der Waals surface area contributed by atoms with E-state index in [9.17, 15) is 14.7 Å². The molecule has 9 heteroatoms. The minimum Gasteiger partial charge on any atom is -0.506 e. The maximum atomic E-state index is 13.5. The van der Waals surface area contributed by atoms with Crippen LogP contribution in [0.25, 0.3) is 10.8 Å².